The number of hydrogen-bond donors (Lipinski definition) is 1. The maximum atomic E-state index is 11.2. The van der Waals surface area contributed by atoms with E-state index in [0.717, 1.165) is 43.1 Å². The molecule has 1 aromatic rings. The second kappa shape index (κ2) is 7.42. The maximum absolute atomic E-state index is 11.2. The molecule has 1 saturated heterocycles. The number of ether oxygens (including phenoxy) is 1. The molecule has 1 atom stereocenters. The molecule has 7 heteroatoms. The zero-order valence-electron chi connectivity index (χ0n) is 13.7. The highest BCUT2D eigenvalue weighted by molar-refractivity contribution is 5.79. The fourth-order valence-electron chi connectivity index (χ4n) is 2.68. The predicted octanol–water partition coefficient (Wildman–Crippen LogP) is 0.0606. The number of allylic oxidation sites excluding steroid dienone is 1. The summed E-state index contributed by atoms with van der Waals surface area (Å²) in [5.74, 6) is 0.762. The molecular weight excluding hydrogens is 282 g/mol. The molecule has 22 heavy (non-hydrogen) atoms. The standard InChI is InChI=1S/C15H25N5O2/c1-12-9-16-6-7-19(12)14(5-8-21)15-17-13(11-22-4)10-20(15)18(2)3/h5,8,10,12,16H,6-7,9,11H2,1-4H3/b14-5+. The third kappa shape index (κ3) is 3.48. The van der Waals surface area contributed by atoms with Gasteiger partial charge in [-0.25, -0.2) is 9.66 Å². The maximum Gasteiger partial charge on any atom is 0.175 e. The van der Waals surface area contributed by atoms with Crippen molar-refractivity contribution < 1.29 is 9.53 Å². The van der Waals surface area contributed by atoms with E-state index in [-0.39, 0.29) is 0 Å². The van der Waals surface area contributed by atoms with Crippen LogP contribution in [0.1, 0.15) is 18.4 Å². The number of methoxy groups -OCH3 is 1. The molecule has 1 N–H and O–H groups in total. The molecule has 7 nitrogen and oxygen atoms in total. The topological polar surface area (TPSA) is 62.6 Å². The molecule has 0 spiro atoms. The van der Waals surface area contributed by atoms with Crippen LogP contribution in [0.3, 0.4) is 0 Å². The average Bonchev–Trinajstić information content (AvgIpc) is 2.90. The van der Waals surface area contributed by atoms with Crippen molar-refractivity contribution in [2.75, 3.05) is 45.8 Å². The zero-order chi connectivity index (χ0) is 16.1. The number of aromatic nitrogens is 2. The van der Waals surface area contributed by atoms with E-state index in [1.807, 2.05) is 30.0 Å². The SMILES string of the molecule is COCc1cn(N(C)C)c(/C(=C\C=O)N2CCNCC2C)n1. The number of nitrogens with one attached hydrogen (secondary N) is 1. The summed E-state index contributed by atoms with van der Waals surface area (Å²) < 4.78 is 7.12. The highest BCUT2D eigenvalue weighted by Gasteiger charge is 2.25. The quantitative estimate of drug-likeness (QED) is 0.592. The summed E-state index contributed by atoms with van der Waals surface area (Å²) >= 11 is 0. The molecule has 1 unspecified atom stereocenters. The Balaban J connectivity index is 2.43. The van der Waals surface area contributed by atoms with Gasteiger partial charge in [-0.15, -0.1) is 0 Å². The Morgan fingerprint density at radius 3 is 2.95 bits per heavy atom. The lowest BCUT2D eigenvalue weighted by Crippen LogP contribution is -2.49. The zero-order valence-corrected chi connectivity index (χ0v) is 13.7. The summed E-state index contributed by atoms with van der Waals surface area (Å²) in [6, 6.07) is 0.304. The van der Waals surface area contributed by atoms with Crippen LogP contribution in [0.5, 0.6) is 0 Å². The van der Waals surface area contributed by atoms with Crippen molar-refractivity contribution >= 4 is 12.0 Å². The number of piperazine rings is 1. The lowest BCUT2D eigenvalue weighted by atomic mass is 10.2. The van der Waals surface area contributed by atoms with Gasteiger partial charge in [0.15, 0.2) is 5.82 Å². The number of carbonyl (C=O) groups excluding carboxylic acids is 1. The highest BCUT2D eigenvalue weighted by atomic mass is 16.5. The minimum atomic E-state index is 0.304. The first kappa shape index (κ1) is 16.5. The molecule has 0 bridgehead atoms. The van der Waals surface area contributed by atoms with Crippen LogP contribution in [-0.4, -0.2) is 67.7 Å². The van der Waals surface area contributed by atoms with Gasteiger partial charge in [0.2, 0.25) is 0 Å². The van der Waals surface area contributed by atoms with E-state index in [4.69, 9.17) is 4.74 Å². The molecular formula is C15H25N5O2. The number of aldehydes is 1. The van der Waals surface area contributed by atoms with Gasteiger partial charge in [0.1, 0.15) is 6.29 Å². The third-order valence-corrected chi connectivity index (χ3v) is 3.73. The molecule has 1 fully saturated rings. The molecule has 1 aromatic heterocycles. The number of nitrogens with zero attached hydrogens (tertiary/aromatic N) is 4. The molecule has 0 aliphatic carbocycles. The van der Waals surface area contributed by atoms with Crippen molar-refractivity contribution in [1.82, 2.24) is 19.9 Å². The molecule has 2 heterocycles. The van der Waals surface area contributed by atoms with E-state index in [1.165, 1.54) is 0 Å². The van der Waals surface area contributed by atoms with E-state index in [0.29, 0.717) is 12.6 Å². The summed E-state index contributed by atoms with van der Waals surface area (Å²) in [7, 11) is 5.54. The van der Waals surface area contributed by atoms with Crippen LogP contribution in [0.25, 0.3) is 5.70 Å². The van der Waals surface area contributed by atoms with Gasteiger partial charge in [-0.3, -0.25) is 4.79 Å². The van der Waals surface area contributed by atoms with Crippen LogP contribution in [-0.2, 0) is 16.1 Å². The molecule has 0 saturated carbocycles. The van der Waals surface area contributed by atoms with Gasteiger partial charge in [-0.05, 0) is 6.92 Å². The van der Waals surface area contributed by atoms with Gasteiger partial charge < -0.3 is 20.0 Å². The molecule has 1 aliphatic rings. The summed E-state index contributed by atoms with van der Waals surface area (Å²) in [5, 5.41) is 5.30. The van der Waals surface area contributed by atoms with Crippen molar-refractivity contribution in [3.05, 3.63) is 23.8 Å². The fraction of sp³-hybridized carbons (Fsp3) is 0.600. The van der Waals surface area contributed by atoms with E-state index < -0.39 is 0 Å². The third-order valence-electron chi connectivity index (χ3n) is 3.73. The molecule has 1 aliphatic heterocycles. The lowest BCUT2D eigenvalue weighted by molar-refractivity contribution is -0.104. The average molecular weight is 307 g/mol. The van der Waals surface area contributed by atoms with Crippen LogP contribution >= 0.6 is 0 Å². The van der Waals surface area contributed by atoms with Crippen molar-refractivity contribution in [3.8, 4) is 0 Å². The number of carbonyl (C=O) groups is 1. The van der Waals surface area contributed by atoms with E-state index in [2.05, 4.69) is 22.1 Å². The van der Waals surface area contributed by atoms with Gasteiger partial charge in [-0.2, -0.15) is 0 Å². The van der Waals surface area contributed by atoms with Gasteiger partial charge in [-0.1, -0.05) is 0 Å². The first-order chi connectivity index (χ1) is 10.6. The first-order valence-electron chi connectivity index (χ1n) is 7.46. The monoisotopic (exact) mass is 307 g/mol. The van der Waals surface area contributed by atoms with Crippen LogP contribution in [0, 0.1) is 0 Å². The molecule has 0 amide bonds. The van der Waals surface area contributed by atoms with E-state index >= 15 is 0 Å². The summed E-state index contributed by atoms with van der Waals surface area (Å²) in [4.78, 5) is 18.0. The van der Waals surface area contributed by atoms with E-state index in [9.17, 15) is 4.79 Å². The second-order valence-corrected chi connectivity index (χ2v) is 5.62. The van der Waals surface area contributed by atoms with Gasteiger partial charge in [0.25, 0.3) is 0 Å². The number of imidazole rings is 1. The summed E-state index contributed by atoms with van der Waals surface area (Å²) in [5.41, 5.74) is 1.69. The Morgan fingerprint density at radius 2 is 2.36 bits per heavy atom. The Morgan fingerprint density at radius 1 is 1.59 bits per heavy atom. The molecule has 122 valence electrons. The number of hydrogen-bond acceptors (Lipinski definition) is 6. The highest BCUT2D eigenvalue weighted by Crippen LogP contribution is 2.22. The second-order valence-electron chi connectivity index (χ2n) is 5.62. The van der Waals surface area contributed by atoms with Gasteiger partial charge in [0.05, 0.1) is 24.2 Å². The minimum Gasteiger partial charge on any atom is -0.378 e. The minimum absolute atomic E-state index is 0.304. The summed E-state index contributed by atoms with van der Waals surface area (Å²) in [6.45, 7) is 5.22. The van der Waals surface area contributed by atoms with Crippen molar-refractivity contribution in [3.63, 3.8) is 0 Å². The Bertz CT molecular complexity index is 538. The smallest absolute Gasteiger partial charge is 0.175 e. The van der Waals surface area contributed by atoms with Crippen molar-refractivity contribution in [2.45, 2.75) is 19.6 Å². The normalized spacial score (nSPS) is 19.4. The molecule has 2 rings (SSSR count). The Hall–Kier alpha value is -1.86. The summed E-state index contributed by atoms with van der Waals surface area (Å²) in [6.07, 6.45) is 4.36. The number of rotatable bonds is 6. The fourth-order valence-corrected chi connectivity index (χ4v) is 2.68. The van der Waals surface area contributed by atoms with E-state index in [1.54, 1.807) is 13.2 Å². The van der Waals surface area contributed by atoms with Gasteiger partial charge in [0, 0.05) is 53.0 Å². The Kier molecular flexibility index (Phi) is 5.57. The van der Waals surface area contributed by atoms with Crippen LogP contribution in [0.15, 0.2) is 12.3 Å². The largest absolute Gasteiger partial charge is 0.378 e. The van der Waals surface area contributed by atoms with Crippen molar-refractivity contribution in [2.24, 2.45) is 0 Å². The van der Waals surface area contributed by atoms with Gasteiger partial charge >= 0.3 is 0 Å². The predicted molar refractivity (Wildman–Crippen MR) is 86.1 cm³/mol. The molecule has 0 aromatic carbocycles. The lowest BCUT2D eigenvalue weighted by Gasteiger charge is -2.37. The van der Waals surface area contributed by atoms with Crippen LogP contribution in [0.2, 0.25) is 0 Å². The first-order valence-corrected chi connectivity index (χ1v) is 7.46. The van der Waals surface area contributed by atoms with Crippen molar-refractivity contribution in [1.29, 1.82) is 0 Å². The Labute approximate surface area is 131 Å². The van der Waals surface area contributed by atoms with Crippen LogP contribution in [0.4, 0.5) is 0 Å². The van der Waals surface area contributed by atoms with Crippen LogP contribution < -0.4 is 10.3 Å². The molecule has 0 radical (unpaired) electrons.